The van der Waals surface area contributed by atoms with Crippen LogP contribution in [0.4, 0.5) is 13.2 Å². The van der Waals surface area contributed by atoms with Crippen molar-refractivity contribution < 1.29 is 18.3 Å². The van der Waals surface area contributed by atoms with Crippen molar-refractivity contribution in [2.24, 2.45) is 0 Å². The van der Waals surface area contributed by atoms with E-state index in [0.29, 0.717) is 0 Å². The van der Waals surface area contributed by atoms with E-state index in [-0.39, 0.29) is 12.1 Å². The molecule has 1 aromatic heterocycles. The lowest BCUT2D eigenvalue weighted by atomic mass is 9.87. The molecule has 2 nitrogen and oxygen atoms in total. The van der Waals surface area contributed by atoms with Gasteiger partial charge in [0.25, 0.3) is 6.43 Å². The number of fused-ring (bicyclic) bond motifs is 1. The molecular weight excluding hydrogens is 287 g/mol. The SMILES string of the molecule is CCNC(C(F)F)C(O)(CF)c1ccc2ccsc2c1. The van der Waals surface area contributed by atoms with Crippen molar-refractivity contribution in [2.75, 3.05) is 13.2 Å². The van der Waals surface area contributed by atoms with Gasteiger partial charge < -0.3 is 10.4 Å². The molecule has 0 saturated heterocycles. The minimum Gasteiger partial charge on any atom is -0.381 e. The third kappa shape index (κ3) is 2.68. The average molecular weight is 303 g/mol. The van der Waals surface area contributed by atoms with Gasteiger partial charge in [-0.3, -0.25) is 0 Å². The molecule has 1 heterocycles. The highest BCUT2D eigenvalue weighted by molar-refractivity contribution is 7.17. The Kier molecular flexibility index (Phi) is 4.67. The molecule has 2 unspecified atom stereocenters. The van der Waals surface area contributed by atoms with Crippen LogP contribution in [0.3, 0.4) is 0 Å². The first-order chi connectivity index (χ1) is 9.52. The first-order valence-electron chi connectivity index (χ1n) is 6.30. The molecular formula is C14H16F3NOS. The first-order valence-corrected chi connectivity index (χ1v) is 7.18. The van der Waals surface area contributed by atoms with Crippen molar-refractivity contribution in [1.82, 2.24) is 5.32 Å². The molecule has 0 aliphatic carbocycles. The predicted octanol–water partition coefficient (Wildman–Crippen LogP) is 3.30. The largest absolute Gasteiger partial charge is 0.381 e. The number of aliphatic hydroxyl groups is 1. The van der Waals surface area contributed by atoms with Gasteiger partial charge in [0.1, 0.15) is 18.3 Å². The maximum Gasteiger partial charge on any atom is 0.256 e. The van der Waals surface area contributed by atoms with Crippen molar-refractivity contribution >= 4 is 21.4 Å². The van der Waals surface area contributed by atoms with E-state index in [1.54, 1.807) is 19.1 Å². The van der Waals surface area contributed by atoms with Crippen LogP contribution in [0.15, 0.2) is 29.6 Å². The molecule has 0 radical (unpaired) electrons. The van der Waals surface area contributed by atoms with Crippen molar-refractivity contribution in [3.05, 3.63) is 35.2 Å². The summed E-state index contributed by atoms with van der Waals surface area (Å²) in [6.07, 6.45) is -2.87. The Morgan fingerprint density at radius 2 is 2.10 bits per heavy atom. The summed E-state index contributed by atoms with van der Waals surface area (Å²) in [5.74, 6) is 0. The van der Waals surface area contributed by atoms with Gasteiger partial charge in [0.05, 0.1) is 0 Å². The minimum absolute atomic E-state index is 0.168. The quantitative estimate of drug-likeness (QED) is 0.858. The van der Waals surface area contributed by atoms with Gasteiger partial charge in [-0.25, -0.2) is 13.2 Å². The van der Waals surface area contributed by atoms with Crippen molar-refractivity contribution in [1.29, 1.82) is 0 Å². The van der Waals surface area contributed by atoms with Gasteiger partial charge in [-0.05, 0) is 35.0 Å². The molecule has 2 atom stereocenters. The van der Waals surface area contributed by atoms with Crippen LogP contribution in [0.2, 0.25) is 0 Å². The lowest BCUT2D eigenvalue weighted by molar-refractivity contribution is -0.0767. The molecule has 110 valence electrons. The highest BCUT2D eigenvalue weighted by atomic mass is 32.1. The number of halogens is 3. The maximum absolute atomic E-state index is 13.4. The normalized spacial score (nSPS) is 16.5. The lowest BCUT2D eigenvalue weighted by Gasteiger charge is -2.34. The van der Waals surface area contributed by atoms with Crippen LogP contribution in [-0.4, -0.2) is 30.8 Å². The van der Waals surface area contributed by atoms with Crippen LogP contribution in [0.1, 0.15) is 12.5 Å². The summed E-state index contributed by atoms with van der Waals surface area (Å²) < 4.78 is 40.4. The van der Waals surface area contributed by atoms with Gasteiger partial charge in [0.2, 0.25) is 0 Å². The smallest absolute Gasteiger partial charge is 0.256 e. The molecule has 0 saturated carbocycles. The number of benzene rings is 1. The monoisotopic (exact) mass is 303 g/mol. The molecule has 0 fully saturated rings. The van der Waals surface area contributed by atoms with E-state index in [9.17, 15) is 18.3 Å². The highest BCUT2D eigenvalue weighted by Gasteiger charge is 2.44. The summed E-state index contributed by atoms with van der Waals surface area (Å²) in [7, 11) is 0. The second-order valence-electron chi connectivity index (χ2n) is 4.60. The number of rotatable bonds is 6. The summed E-state index contributed by atoms with van der Waals surface area (Å²) >= 11 is 1.42. The first kappa shape index (κ1) is 15.3. The van der Waals surface area contributed by atoms with E-state index in [4.69, 9.17) is 0 Å². The Morgan fingerprint density at radius 1 is 1.35 bits per heavy atom. The predicted molar refractivity (Wildman–Crippen MR) is 75.2 cm³/mol. The van der Waals surface area contributed by atoms with Gasteiger partial charge in [0.15, 0.2) is 0 Å². The van der Waals surface area contributed by atoms with Gasteiger partial charge in [-0.2, -0.15) is 0 Å². The number of likely N-dealkylation sites (N-methyl/N-ethyl adjacent to an activating group) is 1. The fourth-order valence-electron chi connectivity index (χ4n) is 2.25. The summed E-state index contributed by atoms with van der Waals surface area (Å²) in [5.41, 5.74) is -2.07. The zero-order valence-corrected chi connectivity index (χ0v) is 11.8. The summed E-state index contributed by atoms with van der Waals surface area (Å²) in [6, 6.07) is 5.02. The number of hydrogen-bond acceptors (Lipinski definition) is 3. The fourth-order valence-corrected chi connectivity index (χ4v) is 3.08. The van der Waals surface area contributed by atoms with Crippen LogP contribution >= 0.6 is 11.3 Å². The Labute approximate surface area is 119 Å². The second-order valence-corrected chi connectivity index (χ2v) is 5.55. The average Bonchev–Trinajstić information content (AvgIpc) is 2.91. The van der Waals surface area contributed by atoms with E-state index in [2.05, 4.69) is 5.32 Å². The van der Waals surface area contributed by atoms with E-state index in [1.165, 1.54) is 17.4 Å². The maximum atomic E-state index is 13.4. The van der Waals surface area contributed by atoms with Gasteiger partial charge >= 0.3 is 0 Å². The minimum atomic E-state index is -2.87. The summed E-state index contributed by atoms with van der Waals surface area (Å²) in [4.78, 5) is 0. The van der Waals surface area contributed by atoms with Gasteiger partial charge in [0, 0.05) is 4.70 Å². The van der Waals surface area contributed by atoms with Crippen molar-refractivity contribution in [3.8, 4) is 0 Å². The lowest BCUT2D eigenvalue weighted by Crippen LogP contribution is -2.54. The third-order valence-electron chi connectivity index (χ3n) is 3.35. The third-order valence-corrected chi connectivity index (χ3v) is 4.23. The molecule has 1 aromatic carbocycles. The fraction of sp³-hybridized carbons (Fsp3) is 0.429. The molecule has 2 rings (SSSR count). The van der Waals surface area contributed by atoms with Gasteiger partial charge in [-0.15, -0.1) is 11.3 Å². The van der Waals surface area contributed by atoms with Crippen LogP contribution in [0.25, 0.3) is 10.1 Å². The van der Waals surface area contributed by atoms with Crippen LogP contribution < -0.4 is 5.32 Å². The Morgan fingerprint density at radius 3 is 2.70 bits per heavy atom. The van der Waals surface area contributed by atoms with E-state index >= 15 is 0 Å². The molecule has 2 N–H and O–H groups in total. The highest BCUT2D eigenvalue weighted by Crippen LogP contribution is 2.33. The molecule has 0 amide bonds. The molecule has 0 spiro atoms. The number of alkyl halides is 3. The van der Waals surface area contributed by atoms with E-state index in [0.717, 1.165) is 10.1 Å². The molecule has 6 heteroatoms. The van der Waals surface area contributed by atoms with E-state index < -0.39 is 24.7 Å². The van der Waals surface area contributed by atoms with Crippen LogP contribution in [0, 0.1) is 0 Å². The molecule has 20 heavy (non-hydrogen) atoms. The summed E-state index contributed by atoms with van der Waals surface area (Å²) in [5, 5.41) is 15.7. The molecule has 0 aliphatic rings. The van der Waals surface area contributed by atoms with Gasteiger partial charge in [-0.1, -0.05) is 19.1 Å². The summed E-state index contributed by atoms with van der Waals surface area (Å²) in [6.45, 7) is 0.584. The zero-order chi connectivity index (χ0) is 14.8. The van der Waals surface area contributed by atoms with Crippen molar-refractivity contribution in [3.63, 3.8) is 0 Å². The molecule has 0 bridgehead atoms. The Hall–Kier alpha value is -1.11. The second kappa shape index (κ2) is 6.11. The number of nitrogens with one attached hydrogen (secondary N) is 1. The standard InChI is InChI=1S/C14H16F3NOS/c1-2-18-12(13(16)17)14(19,8-15)10-4-3-9-5-6-20-11(9)7-10/h3-7,12-13,18-19H,2,8H2,1H3. The number of thiophene rings is 1. The van der Waals surface area contributed by atoms with Crippen molar-refractivity contribution in [2.45, 2.75) is 25.0 Å². The zero-order valence-electron chi connectivity index (χ0n) is 10.9. The molecule has 2 aromatic rings. The number of hydrogen-bond donors (Lipinski definition) is 2. The van der Waals surface area contributed by atoms with Crippen LogP contribution in [0.5, 0.6) is 0 Å². The Bertz CT molecular complexity index is 574. The Balaban J connectivity index is 2.46. The van der Waals surface area contributed by atoms with E-state index in [1.807, 2.05) is 11.4 Å². The topological polar surface area (TPSA) is 32.3 Å². The molecule has 0 aliphatic heterocycles. The van der Waals surface area contributed by atoms with Crippen LogP contribution in [-0.2, 0) is 5.60 Å².